The number of para-hydroxylation sites is 1. The topological polar surface area (TPSA) is 29.5 Å². The van der Waals surface area contributed by atoms with Gasteiger partial charge >= 0.3 is 0 Å². The van der Waals surface area contributed by atoms with Crippen LogP contribution in [0.1, 0.15) is 52.5 Å². The number of benzene rings is 2. The molecule has 0 fully saturated rings. The normalized spacial score (nSPS) is 11.5. The van der Waals surface area contributed by atoms with E-state index in [4.69, 9.17) is 4.74 Å². The van der Waals surface area contributed by atoms with Crippen molar-refractivity contribution in [3.05, 3.63) is 54.1 Å². The molecular weight excluding hydrogens is 310 g/mol. The Morgan fingerprint density at radius 1 is 1.04 bits per heavy atom. The van der Waals surface area contributed by atoms with Crippen molar-refractivity contribution in [2.45, 2.75) is 47.0 Å². The van der Waals surface area contributed by atoms with Gasteiger partial charge in [-0.3, -0.25) is 9.69 Å². The SMILES string of the molecule is COc1cc(N(C(=O)CC(C)(C)C)c2ccccc2)ccc1C(C)C. The highest BCUT2D eigenvalue weighted by atomic mass is 16.5. The van der Waals surface area contributed by atoms with Gasteiger partial charge in [-0.05, 0) is 35.1 Å². The lowest BCUT2D eigenvalue weighted by atomic mass is 9.91. The number of nitrogens with zero attached hydrogens (tertiary/aromatic N) is 1. The van der Waals surface area contributed by atoms with E-state index in [1.165, 1.54) is 0 Å². The highest BCUT2D eigenvalue weighted by Crippen LogP contribution is 2.35. The zero-order valence-electron chi connectivity index (χ0n) is 16.2. The summed E-state index contributed by atoms with van der Waals surface area (Å²) >= 11 is 0. The van der Waals surface area contributed by atoms with E-state index in [-0.39, 0.29) is 11.3 Å². The van der Waals surface area contributed by atoms with Crippen LogP contribution in [0.4, 0.5) is 11.4 Å². The number of carbonyl (C=O) groups is 1. The highest BCUT2D eigenvalue weighted by Gasteiger charge is 2.24. The molecule has 0 aliphatic heterocycles. The first-order chi connectivity index (χ1) is 11.7. The van der Waals surface area contributed by atoms with Crippen LogP contribution in [-0.4, -0.2) is 13.0 Å². The maximum atomic E-state index is 13.1. The largest absolute Gasteiger partial charge is 0.496 e. The standard InChI is InChI=1S/C22H29NO2/c1-16(2)19-13-12-18(14-20(19)25-6)23(17-10-8-7-9-11-17)21(24)15-22(3,4)5/h7-14,16H,15H2,1-6H3. The lowest BCUT2D eigenvalue weighted by Gasteiger charge is -2.28. The zero-order chi connectivity index (χ0) is 18.6. The predicted molar refractivity (Wildman–Crippen MR) is 105 cm³/mol. The highest BCUT2D eigenvalue weighted by molar-refractivity contribution is 6.01. The van der Waals surface area contributed by atoms with E-state index in [0.29, 0.717) is 12.3 Å². The van der Waals surface area contributed by atoms with Crippen LogP contribution in [-0.2, 0) is 4.79 Å². The molecule has 0 aliphatic carbocycles. The summed E-state index contributed by atoms with van der Waals surface area (Å²) in [7, 11) is 1.68. The van der Waals surface area contributed by atoms with Gasteiger partial charge in [-0.2, -0.15) is 0 Å². The Labute approximate surface area is 151 Å². The minimum atomic E-state index is -0.0773. The van der Waals surface area contributed by atoms with Crippen LogP contribution in [0.5, 0.6) is 5.75 Å². The quantitative estimate of drug-likeness (QED) is 0.676. The van der Waals surface area contributed by atoms with Crippen LogP contribution < -0.4 is 9.64 Å². The van der Waals surface area contributed by atoms with E-state index < -0.39 is 0 Å². The van der Waals surface area contributed by atoms with Crippen molar-refractivity contribution >= 4 is 17.3 Å². The van der Waals surface area contributed by atoms with Gasteiger partial charge in [0.1, 0.15) is 5.75 Å². The number of amides is 1. The summed E-state index contributed by atoms with van der Waals surface area (Å²) in [5.74, 6) is 1.26. The molecule has 0 heterocycles. The molecule has 2 rings (SSSR count). The molecule has 0 unspecified atom stereocenters. The van der Waals surface area contributed by atoms with Crippen LogP contribution in [0.2, 0.25) is 0 Å². The van der Waals surface area contributed by atoms with Gasteiger partial charge in [0.2, 0.25) is 5.91 Å². The first-order valence-electron chi connectivity index (χ1n) is 8.79. The first kappa shape index (κ1) is 19.0. The molecule has 134 valence electrons. The lowest BCUT2D eigenvalue weighted by Crippen LogP contribution is -2.29. The van der Waals surface area contributed by atoms with Crippen molar-refractivity contribution in [2.24, 2.45) is 5.41 Å². The minimum absolute atomic E-state index is 0.0773. The summed E-state index contributed by atoms with van der Waals surface area (Å²) in [6.45, 7) is 10.5. The zero-order valence-corrected chi connectivity index (χ0v) is 16.2. The minimum Gasteiger partial charge on any atom is -0.496 e. The fraction of sp³-hybridized carbons (Fsp3) is 0.409. The lowest BCUT2D eigenvalue weighted by molar-refractivity contribution is -0.119. The molecule has 1 amide bonds. The van der Waals surface area contributed by atoms with Gasteiger partial charge in [-0.25, -0.2) is 0 Å². The molecular formula is C22H29NO2. The number of anilines is 2. The van der Waals surface area contributed by atoms with Gasteiger partial charge in [0, 0.05) is 18.2 Å². The summed E-state index contributed by atoms with van der Waals surface area (Å²) in [5.41, 5.74) is 2.77. The monoisotopic (exact) mass is 339 g/mol. The summed E-state index contributed by atoms with van der Waals surface area (Å²) in [4.78, 5) is 14.9. The third-order valence-corrected chi connectivity index (χ3v) is 4.04. The van der Waals surface area contributed by atoms with Gasteiger partial charge in [0.15, 0.2) is 0 Å². The molecule has 3 heteroatoms. The molecule has 0 spiro atoms. The number of methoxy groups -OCH3 is 1. The van der Waals surface area contributed by atoms with E-state index in [0.717, 1.165) is 22.7 Å². The maximum absolute atomic E-state index is 13.1. The number of carbonyl (C=O) groups excluding carboxylic acids is 1. The van der Waals surface area contributed by atoms with Crippen LogP contribution in [0.3, 0.4) is 0 Å². The van der Waals surface area contributed by atoms with E-state index in [1.807, 2.05) is 42.5 Å². The number of ether oxygens (including phenoxy) is 1. The second-order valence-corrected chi connectivity index (χ2v) is 7.88. The molecule has 0 radical (unpaired) electrons. The summed E-state index contributed by atoms with van der Waals surface area (Å²) < 4.78 is 5.58. The average Bonchev–Trinajstić information content (AvgIpc) is 2.54. The first-order valence-corrected chi connectivity index (χ1v) is 8.79. The molecule has 0 aromatic heterocycles. The summed E-state index contributed by atoms with van der Waals surface area (Å²) in [5, 5.41) is 0. The Morgan fingerprint density at radius 3 is 2.20 bits per heavy atom. The van der Waals surface area contributed by atoms with Crippen molar-refractivity contribution in [2.75, 3.05) is 12.0 Å². The van der Waals surface area contributed by atoms with Crippen molar-refractivity contribution in [3.8, 4) is 5.75 Å². The molecule has 0 N–H and O–H groups in total. The molecule has 2 aromatic rings. The molecule has 3 nitrogen and oxygen atoms in total. The Balaban J connectivity index is 2.51. The number of rotatable bonds is 5. The third-order valence-electron chi connectivity index (χ3n) is 4.04. The van der Waals surface area contributed by atoms with Crippen molar-refractivity contribution in [1.29, 1.82) is 0 Å². The molecule has 0 bridgehead atoms. The average molecular weight is 339 g/mol. The van der Waals surface area contributed by atoms with E-state index in [1.54, 1.807) is 12.0 Å². The maximum Gasteiger partial charge on any atom is 0.232 e. The fourth-order valence-electron chi connectivity index (χ4n) is 2.86. The molecule has 0 saturated heterocycles. The van der Waals surface area contributed by atoms with Gasteiger partial charge in [0.25, 0.3) is 0 Å². The fourth-order valence-corrected chi connectivity index (χ4v) is 2.86. The second-order valence-electron chi connectivity index (χ2n) is 7.88. The Kier molecular flexibility index (Phi) is 5.89. The Bertz CT molecular complexity index is 715. The Hall–Kier alpha value is -2.29. The molecule has 0 saturated carbocycles. The van der Waals surface area contributed by atoms with E-state index in [9.17, 15) is 4.79 Å². The van der Waals surface area contributed by atoms with Gasteiger partial charge in [-0.1, -0.05) is 58.9 Å². The van der Waals surface area contributed by atoms with Gasteiger partial charge in [0.05, 0.1) is 12.8 Å². The Morgan fingerprint density at radius 2 is 1.68 bits per heavy atom. The van der Waals surface area contributed by atoms with E-state index in [2.05, 4.69) is 40.7 Å². The van der Waals surface area contributed by atoms with E-state index >= 15 is 0 Å². The summed E-state index contributed by atoms with van der Waals surface area (Å²) in [6, 6.07) is 15.8. The van der Waals surface area contributed by atoms with Gasteiger partial charge < -0.3 is 4.74 Å². The predicted octanol–water partition coefficient (Wildman–Crippen LogP) is 5.92. The number of hydrogen-bond acceptors (Lipinski definition) is 2. The van der Waals surface area contributed by atoms with Crippen LogP contribution in [0.15, 0.2) is 48.5 Å². The van der Waals surface area contributed by atoms with Crippen LogP contribution in [0, 0.1) is 5.41 Å². The van der Waals surface area contributed by atoms with Crippen molar-refractivity contribution < 1.29 is 9.53 Å². The number of hydrogen-bond donors (Lipinski definition) is 0. The molecule has 25 heavy (non-hydrogen) atoms. The van der Waals surface area contributed by atoms with Gasteiger partial charge in [-0.15, -0.1) is 0 Å². The smallest absolute Gasteiger partial charge is 0.232 e. The molecule has 0 aliphatic rings. The van der Waals surface area contributed by atoms with Crippen LogP contribution in [0.25, 0.3) is 0 Å². The molecule has 0 atom stereocenters. The molecule has 2 aromatic carbocycles. The second kappa shape index (κ2) is 7.73. The third kappa shape index (κ3) is 4.85. The van der Waals surface area contributed by atoms with Crippen LogP contribution >= 0.6 is 0 Å². The van der Waals surface area contributed by atoms with Crippen molar-refractivity contribution in [3.63, 3.8) is 0 Å². The van der Waals surface area contributed by atoms with Crippen molar-refractivity contribution in [1.82, 2.24) is 0 Å². The summed E-state index contributed by atoms with van der Waals surface area (Å²) in [6.07, 6.45) is 0.468.